The van der Waals surface area contributed by atoms with Crippen molar-refractivity contribution in [1.82, 2.24) is 15.1 Å². The SMILES string of the molecule is COC(=O)N[C@H](C(=O)N1CC2(CCN(C(=O)OC(C)(C)C)CC2)CC1C(=O)O)C(C)C. The zero-order valence-electron chi connectivity index (χ0n) is 19.3. The molecule has 10 nitrogen and oxygen atoms in total. The number of ether oxygens (including phenoxy) is 2. The third-order valence-electron chi connectivity index (χ3n) is 5.94. The maximum absolute atomic E-state index is 13.2. The molecule has 176 valence electrons. The summed E-state index contributed by atoms with van der Waals surface area (Å²) in [7, 11) is 1.21. The lowest BCUT2D eigenvalue weighted by Crippen LogP contribution is -2.54. The summed E-state index contributed by atoms with van der Waals surface area (Å²) in [6.07, 6.45) is 0.357. The monoisotopic (exact) mass is 441 g/mol. The summed E-state index contributed by atoms with van der Waals surface area (Å²) in [6, 6.07) is -1.85. The van der Waals surface area contributed by atoms with E-state index in [1.54, 1.807) is 18.7 Å². The lowest BCUT2D eigenvalue weighted by Gasteiger charge is -2.39. The molecular weight excluding hydrogens is 406 g/mol. The number of carboxylic acid groups (broad SMARTS) is 1. The highest BCUT2D eigenvalue weighted by Gasteiger charge is 2.51. The predicted octanol–water partition coefficient (Wildman–Crippen LogP) is 2.07. The van der Waals surface area contributed by atoms with Gasteiger partial charge in [-0.15, -0.1) is 0 Å². The van der Waals surface area contributed by atoms with E-state index in [2.05, 4.69) is 10.1 Å². The molecule has 0 aromatic heterocycles. The van der Waals surface area contributed by atoms with Gasteiger partial charge in [0.2, 0.25) is 5.91 Å². The number of nitrogens with zero attached hydrogens (tertiary/aromatic N) is 2. The van der Waals surface area contributed by atoms with Gasteiger partial charge in [-0.2, -0.15) is 0 Å². The molecule has 2 aliphatic heterocycles. The molecule has 2 saturated heterocycles. The predicted molar refractivity (Wildman–Crippen MR) is 111 cm³/mol. The van der Waals surface area contributed by atoms with Gasteiger partial charge in [-0.05, 0) is 51.4 Å². The zero-order chi connectivity index (χ0) is 23.6. The van der Waals surface area contributed by atoms with E-state index in [1.165, 1.54) is 12.0 Å². The Morgan fingerprint density at radius 1 is 1.13 bits per heavy atom. The average Bonchev–Trinajstić information content (AvgIpc) is 3.03. The van der Waals surface area contributed by atoms with Crippen molar-refractivity contribution in [3.05, 3.63) is 0 Å². The molecule has 1 spiro atoms. The van der Waals surface area contributed by atoms with E-state index in [-0.39, 0.29) is 24.0 Å². The van der Waals surface area contributed by atoms with Crippen molar-refractivity contribution in [3.63, 3.8) is 0 Å². The standard InChI is InChI=1S/C21H35N3O7/c1-13(2)15(22-18(28)30-6)16(25)24-12-21(11-14(24)17(26)27)7-9-23(10-8-21)19(29)31-20(3,4)5/h13-15H,7-12H2,1-6H3,(H,22,28)(H,26,27)/t14?,15-/m0/s1. The maximum Gasteiger partial charge on any atom is 0.410 e. The van der Waals surface area contributed by atoms with Gasteiger partial charge in [0.15, 0.2) is 0 Å². The summed E-state index contributed by atoms with van der Waals surface area (Å²) in [6.45, 7) is 10.1. The number of rotatable bonds is 4. The Bertz CT molecular complexity index is 708. The van der Waals surface area contributed by atoms with E-state index in [0.717, 1.165) is 0 Å². The van der Waals surface area contributed by atoms with Crippen LogP contribution < -0.4 is 5.32 Å². The van der Waals surface area contributed by atoms with Crippen LogP contribution >= 0.6 is 0 Å². The molecule has 0 radical (unpaired) electrons. The van der Waals surface area contributed by atoms with Crippen molar-refractivity contribution in [2.75, 3.05) is 26.7 Å². The highest BCUT2D eigenvalue weighted by atomic mass is 16.6. The van der Waals surface area contributed by atoms with Gasteiger partial charge in [0, 0.05) is 19.6 Å². The Morgan fingerprint density at radius 2 is 1.71 bits per heavy atom. The Hall–Kier alpha value is -2.52. The summed E-state index contributed by atoms with van der Waals surface area (Å²) in [5.41, 5.74) is -0.973. The lowest BCUT2D eigenvalue weighted by atomic mass is 9.76. The third kappa shape index (κ3) is 6.01. The molecule has 3 amide bonds. The first kappa shape index (κ1) is 24.7. The minimum atomic E-state index is -1.07. The van der Waals surface area contributed by atoms with Crippen LogP contribution in [0.4, 0.5) is 9.59 Å². The largest absolute Gasteiger partial charge is 0.480 e. The first-order chi connectivity index (χ1) is 14.3. The minimum absolute atomic E-state index is 0.244. The number of hydrogen-bond acceptors (Lipinski definition) is 6. The number of carbonyl (C=O) groups is 4. The second-order valence-electron chi connectivity index (χ2n) is 9.85. The van der Waals surface area contributed by atoms with Gasteiger partial charge < -0.3 is 29.7 Å². The van der Waals surface area contributed by atoms with Crippen LogP contribution in [-0.2, 0) is 19.1 Å². The molecule has 0 aromatic rings. The van der Waals surface area contributed by atoms with Crippen LogP contribution in [0, 0.1) is 11.3 Å². The van der Waals surface area contributed by atoms with Crippen LogP contribution in [-0.4, -0.2) is 83.4 Å². The fraction of sp³-hybridized carbons (Fsp3) is 0.810. The first-order valence-electron chi connectivity index (χ1n) is 10.6. The average molecular weight is 442 g/mol. The Balaban J connectivity index is 2.13. The number of carbonyl (C=O) groups excluding carboxylic acids is 3. The first-order valence-corrected chi connectivity index (χ1v) is 10.6. The lowest BCUT2D eigenvalue weighted by molar-refractivity contribution is -0.149. The van der Waals surface area contributed by atoms with Crippen LogP contribution in [0.15, 0.2) is 0 Å². The summed E-state index contributed by atoms with van der Waals surface area (Å²) in [4.78, 5) is 52.2. The molecule has 1 unspecified atom stereocenters. The van der Waals surface area contributed by atoms with E-state index >= 15 is 0 Å². The molecule has 2 atom stereocenters. The fourth-order valence-electron chi connectivity index (χ4n) is 4.24. The quantitative estimate of drug-likeness (QED) is 0.684. The van der Waals surface area contributed by atoms with Crippen LogP contribution in [0.2, 0.25) is 0 Å². The van der Waals surface area contributed by atoms with Gasteiger partial charge in [0.25, 0.3) is 0 Å². The van der Waals surface area contributed by atoms with E-state index < -0.39 is 35.7 Å². The molecule has 2 heterocycles. The number of hydrogen-bond donors (Lipinski definition) is 2. The molecule has 2 fully saturated rings. The van der Waals surface area contributed by atoms with E-state index in [1.807, 2.05) is 20.8 Å². The van der Waals surface area contributed by atoms with Crippen LogP contribution in [0.5, 0.6) is 0 Å². The van der Waals surface area contributed by atoms with Crippen molar-refractivity contribution < 1.29 is 33.8 Å². The number of amides is 3. The number of aliphatic carboxylic acids is 1. The fourth-order valence-corrected chi connectivity index (χ4v) is 4.24. The zero-order valence-corrected chi connectivity index (χ0v) is 19.3. The number of methoxy groups -OCH3 is 1. The van der Waals surface area contributed by atoms with E-state index in [4.69, 9.17) is 4.74 Å². The summed E-state index contributed by atoms with van der Waals surface area (Å²) < 4.78 is 10.0. The molecule has 31 heavy (non-hydrogen) atoms. The van der Waals surface area contributed by atoms with Crippen molar-refractivity contribution >= 4 is 24.1 Å². The minimum Gasteiger partial charge on any atom is -0.480 e. The van der Waals surface area contributed by atoms with Gasteiger partial charge in [-0.25, -0.2) is 14.4 Å². The summed E-state index contributed by atoms with van der Waals surface area (Å²) >= 11 is 0. The Labute approximate surface area is 183 Å². The van der Waals surface area contributed by atoms with Gasteiger partial charge in [0.1, 0.15) is 17.7 Å². The van der Waals surface area contributed by atoms with Crippen molar-refractivity contribution in [2.24, 2.45) is 11.3 Å². The molecule has 2 rings (SSSR count). The van der Waals surface area contributed by atoms with Crippen molar-refractivity contribution in [2.45, 2.75) is 71.6 Å². The van der Waals surface area contributed by atoms with Gasteiger partial charge >= 0.3 is 18.2 Å². The van der Waals surface area contributed by atoms with Crippen molar-refractivity contribution in [1.29, 1.82) is 0 Å². The van der Waals surface area contributed by atoms with Crippen LogP contribution in [0.25, 0.3) is 0 Å². The highest BCUT2D eigenvalue weighted by molar-refractivity contribution is 5.90. The molecule has 0 bridgehead atoms. The van der Waals surface area contributed by atoms with E-state index in [9.17, 15) is 24.3 Å². The third-order valence-corrected chi connectivity index (χ3v) is 5.94. The number of likely N-dealkylation sites (tertiary alicyclic amines) is 2. The number of carboxylic acids is 1. The maximum atomic E-state index is 13.2. The van der Waals surface area contributed by atoms with Crippen LogP contribution in [0.3, 0.4) is 0 Å². The molecule has 0 saturated carbocycles. The normalized spacial score (nSPS) is 21.7. The van der Waals surface area contributed by atoms with Gasteiger partial charge in [0.05, 0.1) is 7.11 Å². The molecule has 2 aliphatic rings. The molecule has 0 aromatic carbocycles. The highest BCUT2D eigenvalue weighted by Crippen LogP contribution is 2.44. The van der Waals surface area contributed by atoms with Gasteiger partial charge in [-0.1, -0.05) is 13.8 Å². The second-order valence-corrected chi connectivity index (χ2v) is 9.85. The number of alkyl carbamates (subject to hydrolysis) is 1. The number of piperidine rings is 1. The summed E-state index contributed by atoms with van der Waals surface area (Å²) in [5, 5.41) is 12.3. The smallest absolute Gasteiger partial charge is 0.410 e. The molecule has 2 N–H and O–H groups in total. The second kappa shape index (κ2) is 9.32. The van der Waals surface area contributed by atoms with Crippen LogP contribution in [0.1, 0.15) is 53.9 Å². The van der Waals surface area contributed by atoms with Gasteiger partial charge in [-0.3, -0.25) is 4.79 Å². The molecular formula is C21H35N3O7. The summed E-state index contributed by atoms with van der Waals surface area (Å²) in [5.74, 6) is -1.74. The molecule has 10 heteroatoms. The van der Waals surface area contributed by atoms with E-state index in [0.29, 0.717) is 32.4 Å². The molecule has 0 aliphatic carbocycles. The Morgan fingerprint density at radius 3 is 2.16 bits per heavy atom. The number of nitrogens with one attached hydrogen (secondary N) is 1. The van der Waals surface area contributed by atoms with Crippen molar-refractivity contribution in [3.8, 4) is 0 Å². The Kier molecular flexibility index (Phi) is 7.44. The topological polar surface area (TPSA) is 125 Å².